The van der Waals surface area contributed by atoms with Crippen molar-refractivity contribution >= 4 is 0 Å². The van der Waals surface area contributed by atoms with Crippen LogP contribution in [0.4, 0.5) is 4.39 Å². The molecule has 0 fully saturated rings. The average molecular weight is 289 g/mol. The summed E-state index contributed by atoms with van der Waals surface area (Å²) in [6, 6.07) is 7.86. The van der Waals surface area contributed by atoms with Crippen LogP contribution in [0.2, 0.25) is 0 Å². The monoisotopic (exact) mass is 289 g/mol. The first kappa shape index (κ1) is 15.4. The summed E-state index contributed by atoms with van der Waals surface area (Å²) in [4.78, 5) is 12.1. The van der Waals surface area contributed by atoms with Gasteiger partial charge in [-0.05, 0) is 42.8 Å². The van der Waals surface area contributed by atoms with Gasteiger partial charge in [-0.3, -0.25) is 4.79 Å². The standard InChI is InChI=1S/C16H20FN3O/c1-11(2)9-18-10-13-8-15(19-20(3)16(13)21)12-4-6-14(17)7-5-12/h4-8,11,18H,9-10H2,1-3H3. The molecule has 0 aliphatic carbocycles. The van der Waals surface area contributed by atoms with Gasteiger partial charge in [-0.25, -0.2) is 9.07 Å². The molecule has 0 aliphatic heterocycles. The van der Waals surface area contributed by atoms with Gasteiger partial charge in [0.15, 0.2) is 0 Å². The summed E-state index contributed by atoms with van der Waals surface area (Å²) >= 11 is 0. The van der Waals surface area contributed by atoms with Gasteiger partial charge in [-0.2, -0.15) is 5.10 Å². The molecule has 112 valence electrons. The molecule has 0 spiro atoms. The number of aryl methyl sites for hydroxylation is 1. The van der Waals surface area contributed by atoms with E-state index in [1.807, 2.05) is 0 Å². The Morgan fingerprint density at radius 1 is 1.29 bits per heavy atom. The van der Waals surface area contributed by atoms with Crippen molar-refractivity contribution in [2.24, 2.45) is 13.0 Å². The zero-order chi connectivity index (χ0) is 15.4. The number of hydrogen-bond acceptors (Lipinski definition) is 3. The summed E-state index contributed by atoms with van der Waals surface area (Å²) in [7, 11) is 1.63. The molecule has 1 heterocycles. The van der Waals surface area contributed by atoms with Crippen molar-refractivity contribution in [2.45, 2.75) is 20.4 Å². The highest BCUT2D eigenvalue weighted by atomic mass is 19.1. The van der Waals surface area contributed by atoms with Crippen LogP contribution >= 0.6 is 0 Å². The molecule has 2 aromatic rings. The fraction of sp³-hybridized carbons (Fsp3) is 0.375. The molecule has 2 rings (SSSR count). The topological polar surface area (TPSA) is 46.9 Å². The van der Waals surface area contributed by atoms with Crippen LogP contribution in [-0.2, 0) is 13.6 Å². The molecule has 1 aromatic heterocycles. The minimum absolute atomic E-state index is 0.114. The van der Waals surface area contributed by atoms with Crippen LogP contribution in [0.25, 0.3) is 11.3 Å². The van der Waals surface area contributed by atoms with E-state index in [9.17, 15) is 9.18 Å². The maximum absolute atomic E-state index is 13.0. The molecule has 0 saturated carbocycles. The Morgan fingerprint density at radius 3 is 2.57 bits per heavy atom. The van der Waals surface area contributed by atoms with Gasteiger partial charge in [0.25, 0.3) is 5.56 Å². The fourth-order valence-electron chi connectivity index (χ4n) is 2.05. The first-order valence-electron chi connectivity index (χ1n) is 7.01. The lowest BCUT2D eigenvalue weighted by Crippen LogP contribution is -2.29. The van der Waals surface area contributed by atoms with E-state index >= 15 is 0 Å². The molecule has 1 N–H and O–H groups in total. The zero-order valence-electron chi connectivity index (χ0n) is 12.6. The molecular weight excluding hydrogens is 269 g/mol. The predicted molar refractivity (Wildman–Crippen MR) is 81.4 cm³/mol. The van der Waals surface area contributed by atoms with E-state index in [4.69, 9.17) is 0 Å². The highest BCUT2D eigenvalue weighted by molar-refractivity contribution is 5.58. The van der Waals surface area contributed by atoms with E-state index in [-0.39, 0.29) is 11.4 Å². The number of hydrogen-bond donors (Lipinski definition) is 1. The molecule has 0 radical (unpaired) electrons. The van der Waals surface area contributed by atoms with Crippen LogP contribution in [0.1, 0.15) is 19.4 Å². The first-order chi connectivity index (χ1) is 9.97. The van der Waals surface area contributed by atoms with Crippen LogP contribution in [0.15, 0.2) is 35.1 Å². The lowest BCUT2D eigenvalue weighted by atomic mass is 10.1. The summed E-state index contributed by atoms with van der Waals surface area (Å²) in [5, 5.41) is 7.49. The summed E-state index contributed by atoms with van der Waals surface area (Å²) in [5.74, 6) is 0.231. The second-order valence-electron chi connectivity index (χ2n) is 5.52. The molecule has 4 nitrogen and oxygen atoms in total. The van der Waals surface area contributed by atoms with Crippen molar-refractivity contribution in [1.29, 1.82) is 0 Å². The molecular formula is C16H20FN3O. The molecule has 21 heavy (non-hydrogen) atoms. The maximum Gasteiger partial charge on any atom is 0.271 e. The third-order valence-electron chi connectivity index (χ3n) is 3.15. The summed E-state index contributed by atoms with van der Waals surface area (Å²) in [6.45, 7) is 5.57. The number of nitrogens with one attached hydrogen (secondary N) is 1. The van der Waals surface area contributed by atoms with E-state index < -0.39 is 0 Å². The van der Waals surface area contributed by atoms with E-state index in [1.54, 1.807) is 25.2 Å². The Balaban J connectivity index is 2.29. The molecule has 0 amide bonds. The highest BCUT2D eigenvalue weighted by Gasteiger charge is 2.08. The average Bonchev–Trinajstić information content (AvgIpc) is 2.43. The number of aromatic nitrogens is 2. The molecule has 0 bridgehead atoms. The number of nitrogens with zero attached hydrogens (tertiary/aromatic N) is 2. The van der Waals surface area contributed by atoms with E-state index in [1.165, 1.54) is 16.8 Å². The number of halogens is 1. The second-order valence-corrected chi connectivity index (χ2v) is 5.52. The highest BCUT2D eigenvalue weighted by Crippen LogP contribution is 2.16. The zero-order valence-corrected chi connectivity index (χ0v) is 12.6. The van der Waals surface area contributed by atoms with Crippen LogP contribution < -0.4 is 10.9 Å². The van der Waals surface area contributed by atoms with Crippen molar-refractivity contribution in [3.8, 4) is 11.3 Å². The van der Waals surface area contributed by atoms with Crippen molar-refractivity contribution in [3.05, 3.63) is 52.1 Å². The Kier molecular flexibility index (Phi) is 4.85. The normalized spacial score (nSPS) is 11.1. The Bertz CT molecular complexity index is 662. The minimum Gasteiger partial charge on any atom is -0.312 e. The lowest BCUT2D eigenvalue weighted by molar-refractivity contribution is 0.547. The van der Waals surface area contributed by atoms with Crippen LogP contribution in [0.3, 0.4) is 0 Å². The summed E-state index contributed by atoms with van der Waals surface area (Å²) < 4.78 is 14.3. The van der Waals surface area contributed by atoms with Gasteiger partial charge >= 0.3 is 0 Å². The molecule has 0 saturated heterocycles. The molecule has 1 aromatic carbocycles. The molecule has 0 aliphatic rings. The van der Waals surface area contributed by atoms with E-state index in [0.717, 1.165) is 12.1 Å². The van der Waals surface area contributed by atoms with Gasteiger partial charge in [0.1, 0.15) is 5.82 Å². The molecule has 0 unspecified atom stereocenters. The van der Waals surface area contributed by atoms with Crippen LogP contribution in [0, 0.1) is 11.7 Å². The fourth-order valence-corrected chi connectivity index (χ4v) is 2.05. The van der Waals surface area contributed by atoms with Crippen molar-refractivity contribution in [2.75, 3.05) is 6.54 Å². The first-order valence-corrected chi connectivity index (χ1v) is 7.01. The minimum atomic E-state index is -0.289. The second kappa shape index (κ2) is 6.63. The summed E-state index contributed by atoms with van der Waals surface area (Å²) in [6.07, 6.45) is 0. The van der Waals surface area contributed by atoms with Gasteiger partial charge in [0.05, 0.1) is 5.69 Å². The SMILES string of the molecule is CC(C)CNCc1cc(-c2ccc(F)cc2)nn(C)c1=O. The largest absolute Gasteiger partial charge is 0.312 e. The van der Waals surface area contributed by atoms with Gasteiger partial charge in [-0.1, -0.05) is 13.8 Å². The number of benzene rings is 1. The van der Waals surface area contributed by atoms with Gasteiger partial charge < -0.3 is 5.32 Å². The van der Waals surface area contributed by atoms with Crippen LogP contribution in [0.5, 0.6) is 0 Å². The smallest absolute Gasteiger partial charge is 0.271 e. The Labute approximate surface area is 123 Å². The molecule has 5 heteroatoms. The maximum atomic E-state index is 13.0. The van der Waals surface area contributed by atoms with Crippen LogP contribution in [-0.4, -0.2) is 16.3 Å². The van der Waals surface area contributed by atoms with Crippen molar-refractivity contribution < 1.29 is 4.39 Å². The molecule has 0 atom stereocenters. The number of rotatable bonds is 5. The summed E-state index contributed by atoms with van der Waals surface area (Å²) in [5.41, 5.74) is 2.00. The Morgan fingerprint density at radius 2 is 1.95 bits per heavy atom. The van der Waals surface area contributed by atoms with E-state index in [0.29, 0.717) is 23.7 Å². The lowest BCUT2D eigenvalue weighted by Gasteiger charge is -2.10. The quantitative estimate of drug-likeness (QED) is 0.919. The third-order valence-corrected chi connectivity index (χ3v) is 3.15. The van der Waals surface area contributed by atoms with Gasteiger partial charge in [-0.15, -0.1) is 0 Å². The Hall–Kier alpha value is -2.01. The van der Waals surface area contributed by atoms with Crippen molar-refractivity contribution in [3.63, 3.8) is 0 Å². The predicted octanol–water partition coefficient (Wildman–Crippen LogP) is 2.33. The van der Waals surface area contributed by atoms with Gasteiger partial charge in [0, 0.05) is 24.7 Å². The third kappa shape index (κ3) is 3.98. The van der Waals surface area contributed by atoms with E-state index in [2.05, 4.69) is 24.3 Å². The van der Waals surface area contributed by atoms with Crippen molar-refractivity contribution in [1.82, 2.24) is 15.1 Å². The van der Waals surface area contributed by atoms with Gasteiger partial charge in [0.2, 0.25) is 0 Å².